The second kappa shape index (κ2) is 7.63. The van der Waals surface area contributed by atoms with Crippen LogP contribution in [0.4, 0.5) is 4.39 Å². The first-order valence-corrected chi connectivity index (χ1v) is 9.32. The predicted octanol–water partition coefficient (Wildman–Crippen LogP) is 2.94. The molecule has 140 valence electrons. The maximum absolute atomic E-state index is 13.2. The van der Waals surface area contributed by atoms with Crippen LogP contribution in [0.1, 0.15) is 45.1 Å². The molecule has 0 radical (unpaired) electrons. The molecule has 1 aromatic rings. The van der Waals surface area contributed by atoms with Crippen LogP contribution in [-0.4, -0.2) is 34.0 Å². The van der Waals surface area contributed by atoms with E-state index in [0.717, 1.165) is 24.8 Å². The van der Waals surface area contributed by atoms with Crippen molar-refractivity contribution in [2.45, 2.75) is 64.2 Å². The number of halogens is 1. The number of piperidine rings is 1. The summed E-state index contributed by atoms with van der Waals surface area (Å²) in [5.41, 5.74) is 0.761. The Kier molecular flexibility index (Phi) is 5.47. The molecule has 0 aromatic heterocycles. The van der Waals surface area contributed by atoms with Gasteiger partial charge in [-0.1, -0.05) is 19.9 Å². The van der Waals surface area contributed by atoms with Crippen LogP contribution in [0.2, 0.25) is 0 Å². The SMILES string of the molecule is CC(C)[C@@H](CC(=O)N1C2CCC(C2)C1C#N)NCc1ccc(F)c(O)c1. The first kappa shape index (κ1) is 18.7. The molecule has 2 N–H and O–H groups in total. The van der Waals surface area contributed by atoms with Crippen molar-refractivity contribution in [3.05, 3.63) is 29.6 Å². The van der Waals surface area contributed by atoms with Gasteiger partial charge in [0.2, 0.25) is 5.91 Å². The number of aromatic hydroxyl groups is 1. The highest BCUT2D eigenvalue weighted by Crippen LogP contribution is 2.42. The van der Waals surface area contributed by atoms with Crippen LogP contribution >= 0.6 is 0 Å². The Morgan fingerprint density at radius 2 is 2.23 bits per heavy atom. The minimum Gasteiger partial charge on any atom is -0.505 e. The number of fused-ring (bicyclic) bond motifs is 2. The highest BCUT2D eigenvalue weighted by Gasteiger charge is 2.48. The number of phenolic OH excluding ortho intramolecular Hbond substituents is 1. The topological polar surface area (TPSA) is 76.4 Å². The maximum atomic E-state index is 13.2. The van der Waals surface area contributed by atoms with Crippen molar-refractivity contribution >= 4 is 5.91 Å². The standard InChI is InChI=1S/C20H26FN3O2/c1-12(2)17(23-11-13-3-6-16(21)19(25)7-13)9-20(26)24-15-5-4-14(8-15)18(24)10-22/h3,6-7,12,14-15,17-18,23,25H,4-5,8-9,11H2,1-2H3/t14?,15?,17-,18?/m1/s1. The third-order valence-corrected chi connectivity index (χ3v) is 5.78. The van der Waals surface area contributed by atoms with Crippen LogP contribution in [0.15, 0.2) is 18.2 Å². The fraction of sp³-hybridized carbons (Fsp3) is 0.600. The molecule has 1 saturated carbocycles. The second-order valence-corrected chi connectivity index (χ2v) is 7.82. The van der Waals surface area contributed by atoms with Crippen LogP contribution in [0.3, 0.4) is 0 Å². The molecule has 26 heavy (non-hydrogen) atoms. The van der Waals surface area contributed by atoms with E-state index in [2.05, 4.69) is 11.4 Å². The second-order valence-electron chi connectivity index (χ2n) is 7.82. The molecule has 1 aliphatic heterocycles. The van der Waals surface area contributed by atoms with E-state index in [1.165, 1.54) is 12.1 Å². The Bertz CT molecular complexity index is 715. The molecule has 3 rings (SSSR count). The van der Waals surface area contributed by atoms with E-state index in [-0.39, 0.29) is 35.7 Å². The first-order valence-electron chi connectivity index (χ1n) is 9.32. The first-order chi connectivity index (χ1) is 12.4. The largest absolute Gasteiger partial charge is 0.505 e. The minimum atomic E-state index is -0.643. The summed E-state index contributed by atoms with van der Waals surface area (Å²) >= 11 is 0. The third kappa shape index (κ3) is 3.68. The highest BCUT2D eigenvalue weighted by atomic mass is 19.1. The Hall–Kier alpha value is -2.13. The maximum Gasteiger partial charge on any atom is 0.225 e. The monoisotopic (exact) mass is 359 g/mol. The molecule has 6 heteroatoms. The normalized spacial score (nSPS) is 25.5. The van der Waals surface area contributed by atoms with Crippen LogP contribution in [-0.2, 0) is 11.3 Å². The summed E-state index contributed by atoms with van der Waals surface area (Å²) in [6.07, 6.45) is 3.35. The van der Waals surface area contributed by atoms with Crippen molar-refractivity contribution in [3.8, 4) is 11.8 Å². The molecule has 1 amide bonds. The van der Waals surface area contributed by atoms with Gasteiger partial charge in [-0.25, -0.2) is 4.39 Å². The average molecular weight is 359 g/mol. The lowest BCUT2D eigenvalue weighted by Gasteiger charge is -2.33. The van der Waals surface area contributed by atoms with Crippen molar-refractivity contribution in [3.63, 3.8) is 0 Å². The summed E-state index contributed by atoms with van der Waals surface area (Å²) in [4.78, 5) is 14.7. The van der Waals surface area contributed by atoms with Crippen molar-refractivity contribution in [1.82, 2.24) is 10.2 Å². The van der Waals surface area contributed by atoms with Crippen LogP contribution in [0.5, 0.6) is 5.75 Å². The summed E-state index contributed by atoms with van der Waals surface area (Å²) in [5, 5.41) is 22.3. The number of likely N-dealkylation sites (tertiary alicyclic amines) is 1. The molecular formula is C20H26FN3O2. The van der Waals surface area contributed by atoms with E-state index in [9.17, 15) is 19.6 Å². The summed E-state index contributed by atoms with van der Waals surface area (Å²) in [7, 11) is 0. The molecule has 1 saturated heterocycles. The van der Waals surface area contributed by atoms with Gasteiger partial charge in [-0.2, -0.15) is 5.26 Å². The highest BCUT2D eigenvalue weighted by molar-refractivity contribution is 5.78. The van der Waals surface area contributed by atoms with Gasteiger partial charge in [-0.15, -0.1) is 0 Å². The summed E-state index contributed by atoms with van der Waals surface area (Å²) < 4.78 is 13.2. The molecule has 2 aliphatic rings. The number of nitrogens with one attached hydrogen (secondary N) is 1. The van der Waals surface area contributed by atoms with E-state index in [1.54, 1.807) is 6.07 Å². The predicted molar refractivity (Wildman–Crippen MR) is 95.5 cm³/mol. The molecule has 0 spiro atoms. The number of rotatable bonds is 6. The van der Waals surface area contributed by atoms with Gasteiger partial charge < -0.3 is 15.3 Å². The molecule has 1 aliphatic carbocycles. The lowest BCUT2D eigenvalue weighted by Crippen LogP contribution is -2.47. The van der Waals surface area contributed by atoms with Gasteiger partial charge in [0.1, 0.15) is 6.04 Å². The van der Waals surface area contributed by atoms with E-state index in [4.69, 9.17) is 0 Å². The smallest absolute Gasteiger partial charge is 0.225 e. The molecule has 1 heterocycles. The number of benzene rings is 1. The molecular weight excluding hydrogens is 333 g/mol. The van der Waals surface area contributed by atoms with Crippen LogP contribution < -0.4 is 5.32 Å². The molecule has 5 nitrogen and oxygen atoms in total. The lowest BCUT2D eigenvalue weighted by molar-refractivity contribution is -0.135. The van der Waals surface area contributed by atoms with Gasteiger partial charge in [0.05, 0.1) is 6.07 Å². The molecule has 2 bridgehead atoms. The van der Waals surface area contributed by atoms with E-state index >= 15 is 0 Å². The Morgan fingerprint density at radius 3 is 2.88 bits per heavy atom. The summed E-state index contributed by atoms with van der Waals surface area (Å²) in [5.74, 6) is -0.408. The number of hydrogen-bond donors (Lipinski definition) is 2. The van der Waals surface area contributed by atoms with Crippen molar-refractivity contribution in [2.24, 2.45) is 11.8 Å². The molecule has 3 unspecified atom stereocenters. The quantitative estimate of drug-likeness (QED) is 0.819. The Labute approximate surface area is 153 Å². The average Bonchev–Trinajstić information content (AvgIpc) is 3.21. The van der Waals surface area contributed by atoms with Gasteiger partial charge in [0.15, 0.2) is 11.6 Å². The zero-order chi connectivity index (χ0) is 18.8. The molecule has 2 fully saturated rings. The number of hydrogen-bond acceptors (Lipinski definition) is 4. The summed E-state index contributed by atoms with van der Waals surface area (Å²) in [6, 6.07) is 6.47. The van der Waals surface area contributed by atoms with Gasteiger partial charge in [-0.05, 0) is 48.8 Å². The number of nitriles is 1. The Morgan fingerprint density at radius 1 is 1.46 bits per heavy atom. The van der Waals surface area contributed by atoms with E-state index < -0.39 is 5.82 Å². The zero-order valence-corrected chi connectivity index (χ0v) is 15.3. The van der Waals surface area contributed by atoms with Crippen molar-refractivity contribution in [1.29, 1.82) is 5.26 Å². The molecule has 1 aromatic carbocycles. The zero-order valence-electron chi connectivity index (χ0n) is 15.3. The van der Waals surface area contributed by atoms with Crippen LogP contribution in [0.25, 0.3) is 0 Å². The third-order valence-electron chi connectivity index (χ3n) is 5.78. The van der Waals surface area contributed by atoms with Gasteiger partial charge in [0, 0.05) is 25.0 Å². The molecule has 4 atom stereocenters. The van der Waals surface area contributed by atoms with E-state index in [1.807, 2.05) is 18.7 Å². The van der Waals surface area contributed by atoms with Gasteiger partial charge >= 0.3 is 0 Å². The number of carbonyl (C=O) groups excluding carboxylic acids is 1. The number of amides is 1. The minimum absolute atomic E-state index is 0.0388. The van der Waals surface area contributed by atoms with Crippen LogP contribution in [0, 0.1) is 29.0 Å². The fourth-order valence-corrected chi connectivity index (χ4v) is 4.27. The number of phenols is 1. The fourth-order valence-electron chi connectivity index (χ4n) is 4.27. The lowest BCUT2D eigenvalue weighted by atomic mass is 9.96. The number of nitrogens with zero attached hydrogens (tertiary/aromatic N) is 2. The van der Waals surface area contributed by atoms with E-state index in [0.29, 0.717) is 18.9 Å². The van der Waals surface area contributed by atoms with Crippen molar-refractivity contribution in [2.75, 3.05) is 0 Å². The number of carbonyl (C=O) groups is 1. The van der Waals surface area contributed by atoms with Gasteiger partial charge in [-0.3, -0.25) is 4.79 Å². The summed E-state index contributed by atoms with van der Waals surface area (Å²) in [6.45, 7) is 4.54. The Balaban J connectivity index is 1.62. The van der Waals surface area contributed by atoms with Crippen molar-refractivity contribution < 1.29 is 14.3 Å². The van der Waals surface area contributed by atoms with Gasteiger partial charge in [0.25, 0.3) is 0 Å².